The molecule has 3 rings (SSSR count). The molecule has 0 aliphatic rings. The quantitative estimate of drug-likeness (QED) is 0.554. The van der Waals surface area contributed by atoms with Crippen LogP contribution in [-0.4, -0.2) is 32.8 Å². The molecule has 0 amide bonds. The summed E-state index contributed by atoms with van der Waals surface area (Å²) in [5.41, 5.74) is 0.504. The van der Waals surface area contributed by atoms with E-state index in [9.17, 15) is 5.11 Å². The molecule has 0 bridgehead atoms. The van der Waals surface area contributed by atoms with Crippen LogP contribution < -0.4 is 4.74 Å². The molecule has 2 heterocycles. The summed E-state index contributed by atoms with van der Waals surface area (Å²) in [6.45, 7) is 2.31. The summed E-state index contributed by atoms with van der Waals surface area (Å²) in [7, 11) is 0. The van der Waals surface area contributed by atoms with Crippen molar-refractivity contribution in [1.29, 1.82) is 0 Å². The lowest BCUT2D eigenvalue weighted by Crippen LogP contribution is -1.96. The maximum atomic E-state index is 10.2. The van der Waals surface area contributed by atoms with Gasteiger partial charge in [-0.2, -0.15) is 9.78 Å². The van der Waals surface area contributed by atoms with Gasteiger partial charge in [0.05, 0.1) is 19.1 Å². The van der Waals surface area contributed by atoms with Crippen molar-refractivity contribution >= 4 is 18.4 Å². The summed E-state index contributed by atoms with van der Waals surface area (Å²) in [5.74, 6) is 1.39. The molecule has 0 saturated carbocycles. The van der Waals surface area contributed by atoms with Gasteiger partial charge in [-0.15, -0.1) is 5.10 Å². The van der Waals surface area contributed by atoms with Crippen molar-refractivity contribution in [3.63, 3.8) is 0 Å². The van der Waals surface area contributed by atoms with Crippen molar-refractivity contribution in [2.24, 2.45) is 5.10 Å². The van der Waals surface area contributed by atoms with E-state index in [1.54, 1.807) is 36.6 Å². The maximum absolute atomic E-state index is 10.2. The number of nitrogens with one attached hydrogen (secondary N) is 1. The van der Waals surface area contributed by atoms with E-state index < -0.39 is 0 Å². The minimum absolute atomic E-state index is 0.0210. The average Bonchev–Trinajstić information content (AvgIpc) is 3.18. The van der Waals surface area contributed by atoms with Crippen LogP contribution in [0.1, 0.15) is 12.5 Å². The van der Waals surface area contributed by atoms with E-state index in [-0.39, 0.29) is 5.75 Å². The normalized spacial score (nSPS) is 11.2. The summed E-state index contributed by atoms with van der Waals surface area (Å²) in [5, 5.41) is 21.2. The number of phenolic OH excluding ortho intramolecular Hbond substituents is 1. The van der Waals surface area contributed by atoms with Crippen molar-refractivity contribution in [3.05, 3.63) is 46.9 Å². The molecule has 0 aliphatic carbocycles. The smallest absolute Gasteiger partial charge is 0.219 e. The fraction of sp³-hybridized carbons (Fsp3) is 0.133. The van der Waals surface area contributed by atoms with Gasteiger partial charge in [-0.05, 0) is 43.4 Å². The van der Waals surface area contributed by atoms with Crippen LogP contribution in [0.4, 0.5) is 0 Å². The number of aromatic amines is 1. The minimum atomic E-state index is 0.0210. The SMILES string of the molecule is CCOc1cccc(/C=N\n2c(-c3ccco3)n[nH]c2=S)c1O. The maximum Gasteiger partial charge on any atom is 0.219 e. The molecule has 0 aliphatic heterocycles. The van der Waals surface area contributed by atoms with Crippen molar-refractivity contribution in [2.75, 3.05) is 6.61 Å². The second-order valence-electron chi connectivity index (χ2n) is 4.51. The van der Waals surface area contributed by atoms with Gasteiger partial charge in [0, 0.05) is 5.56 Å². The molecule has 0 unspecified atom stereocenters. The molecule has 118 valence electrons. The Bertz CT molecular complexity index is 881. The average molecular weight is 330 g/mol. The number of aromatic nitrogens is 3. The Morgan fingerprint density at radius 2 is 2.30 bits per heavy atom. The molecule has 0 fully saturated rings. The molecule has 2 N–H and O–H groups in total. The molecule has 0 atom stereocenters. The van der Waals surface area contributed by atoms with E-state index in [0.717, 1.165) is 0 Å². The van der Waals surface area contributed by atoms with E-state index in [4.69, 9.17) is 21.4 Å². The van der Waals surface area contributed by atoms with Crippen LogP contribution in [0.5, 0.6) is 11.5 Å². The molecule has 0 spiro atoms. The first-order valence-corrected chi connectivity index (χ1v) is 7.32. The number of rotatable bonds is 5. The topological polar surface area (TPSA) is 88.6 Å². The Balaban J connectivity index is 1.97. The van der Waals surface area contributed by atoms with Gasteiger partial charge in [0.1, 0.15) is 0 Å². The number of nitrogens with zero attached hydrogens (tertiary/aromatic N) is 3. The Morgan fingerprint density at radius 1 is 1.43 bits per heavy atom. The summed E-state index contributed by atoms with van der Waals surface area (Å²) in [6, 6.07) is 8.68. The first-order valence-electron chi connectivity index (χ1n) is 6.91. The third-order valence-corrected chi connectivity index (χ3v) is 3.30. The predicted molar refractivity (Wildman–Crippen MR) is 87.4 cm³/mol. The Morgan fingerprint density at radius 3 is 3.04 bits per heavy atom. The third-order valence-electron chi connectivity index (χ3n) is 3.03. The van der Waals surface area contributed by atoms with Crippen LogP contribution in [0, 0.1) is 4.77 Å². The lowest BCUT2D eigenvalue weighted by molar-refractivity contribution is 0.318. The van der Waals surface area contributed by atoms with E-state index in [1.165, 1.54) is 10.9 Å². The van der Waals surface area contributed by atoms with Crippen LogP contribution >= 0.6 is 12.2 Å². The van der Waals surface area contributed by atoms with Gasteiger partial charge in [0.25, 0.3) is 0 Å². The number of ether oxygens (including phenoxy) is 1. The van der Waals surface area contributed by atoms with E-state index in [2.05, 4.69) is 15.3 Å². The van der Waals surface area contributed by atoms with Gasteiger partial charge in [0.15, 0.2) is 17.3 Å². The summed E-state index contributed by atoms with van der Waals surface area (Å²) >= 11 is 5.16. The zero-order valence-electron chi connectivity index (χ0n) is 12.3. The summed E-state index contributed by atoms with van der Waals surface area (Å²) in [4.78, 5) is 0. The number of para-hydroxylation sites is 1. The summed E-state index contributed by atoms with van der Waals surface area (Å²) < 4.78 is 12.4. The van der Waals surface area contributed by atoms with E-state index >= 15 is 0 Å². The largest absolute Gasteiger partial charge is 0.504 e. The number of hydrogen-bond donors (Lipinski definition) is 2. The molecule has 8 heteroatoms. The van der Waals surface area contributed by atoms with Gasteiger partial charge in [-0.3, -0.25) is 0 Å². The number of hydrogen-bond acceptors (Lipinski definition) is 6. The van der Waals surface area contributed by atoms with Gasteiger partial charge < -0.3 is 14.3 Å². The first kappa shape index (κ1) is 15.0. The fourth-order valence-electron chi connectivity index (χ4n) is 2.00. The van der Waals surface area contributed by atoms with Crippen molar-refractivity contribution < 1.29 is 14.3 Å². The van der Waals surface area contributed by atoms with Gasteiger partial charge in [-0.25, -0.2) is 5.10 Å². The minimum Gasteiger partial charge on any atom is -0.504 e. The highest BCUT2D eigenvalue weighted by Gasteiger charge is 2.11. The predicted octanol–water partition coefficient (Wildman–Crippen LogP) is 3.19. The van der Waals surface area contributed by atoms with Gasteiger partial charge in [-0.1, -0.05) is 6.07 Å². The van der Waals surface area contributed by atoms with Crippen molar-refractivity contribution in [2.45, 2.75) is 6.92 Å². The number of furan rings is 1. The second-order valence-corrected chi connectivity index (χ2v) is 4.90. The summed E-state index contributed by atoms with van der Waals surface area (Å²) in [6.07, 6.45) is 3.02. The highest BCUT2D eigenvalue weighted by molar-refractivity contribution is 7.71. The molecular weight excluding hydrogens is 316 g/mol. The number of benzene rings is 1. The van der Waals surface area contributed by atoms with Crippen LogP contribution in [0.15, 0.2) is 46.1 Å². The van der Waals surface area contributed by atoms with Gasteiger partial charge in [0.2, 0.25) is 10.6 Å². The molecule has 2 aromatic heterocycles. The Kier molecular flexibility index (Phi) is 4.24. The monoisotopic (exact) mass is 330 g/mol. The van der Waals surface area contributed by atoms with Crippen LogP contribution in [0.2, 0.25) is 0 Å². The Labute approximate surface area is 136 Å². The molecule has 1 aromatic carbocycles. The lowest BCUT2D eigenvalue weighted by atomic mass is 10.2. The highest BCUT2D eigenvalue weighted by Crippen LogP contribution is 2.28. The number of H-pyrrole nitrogens is 1. The van der Waals surface area contributed by atoms with Crippen LogP contribution in [0.3, 0.4) is 0 Å². The highest BCUT2D eigenvalue weighted by atomic mass is 32.1. The van der Waals surface area contributed by atoms with Crippen LogP contribution in [0.25, 0.3) is 11.6 Å². The molecule has 3 aromatic rings. The molecule has 23 heavy (non-hydrogen) atoms. The second kappa shape index (κ2) is 6.49. The van der Waals surface area contributed by atoms with Crippen LogP contribution in [-0.2, 0) is 0 Å². The molecule has 0 saturated heterocycles. The zero-order chi connectivity index (χ0) is 16.2. The van der Waals surface area contributed by atoms with E-state index in [0.29, 0.717) is 34.3 Å². The van der Waals surface area contributed by atoms with Crippen molar-refractivity contribution in [1.82, 2.24) is 14.9 Å². The van der Waals surface area contributed by atoms with Gasteiger partial charge >= 0.3 is 0 Å². The fourth-order valence-corrected chi connectivity index (χ4v) is 2.18. The Hall–Kier alpha value is -2.87. The molecule has 7 nitrogen and oxygen atoms in total. The molecular formula is C15H14N4O3S. The van der Waals surface area contributed by atoms with E-state index in [1.807, 2.05) is 6.92 Å². The number of aromatic hydroxyl groups is 1. The third kappa shape index (κ3) is 3.02. The first-order chi connectivity index (χ1) is 11.2. The standard InChI is InChI=1S/C15H14N4O3S/c1-2-21-11-6-3-5-10(13(11)20)9-16-19-14(17-18-15(19)23)12-7-4-8-22-12/h3-9,20H,2H2,1H3,(H,18,23)/b16-9-. The zero-order valence-corrected chi connectivity index (χ0v) is 13.1. The number of phenols is 1. The van der Waals surface area contributed by atoms with Crippen molar-refractivity contribution in [3.8, 4) is 23.1 Å². The molecule has 0 radical (unpaired) electrons. The lowest BCUT2D eigenvalue weighted by Gasteiger charge is -2.07.